The second-order valence-electron chi connectivity index (χ2n) is 5.32. The van der Waals surface area contributed by atoms with Gasteiger partial charge in [0.2, 0.25) is 11.8 Å². The summed E-state index contributed by atoms with van der Waals surface area (Å²) in [5.41, 5.74) is 5.55. The number of amides is 2. The molecular weight excluding hydrogens is 230 g/mol. The number of nitrogens with zero attached hydrogens (tertiary/aromatic N) is 2. The Morgan fingerprint density at radius 2 is 2.00 bits per heavy atom. The highest BCUT2D eigenvalue weighted by molar-refractivity contribution is 5.85. The topological polar surface area (TPSA) is 66.6 Å². The van der Waals surface area contributed by atoms with Crippen LogP contribution in [0.5, 0.6) is 0 Å². The second kappa shape index (κ2) is 6.18. The Labute approximate surface area is 108 Å². The maximum atomic E-state index is 12.1. The van der Waals surface area contributed by atoms with Crippen LogP contribution in [0.4, 0.5) is 0 Å². The molecule has 0 spiro atoms. The lowest BCUT2D eigenvalue weighted by Gasteiger charge is -2.32. The van der Waals surface area contributed by atoms with Crippen molar-refractivity contribution in [3.8, 4) is 0 Å². The summed E-state index contributed by atoms with van der Waals surface area (Å²) in [4.78, 5) is 27.1. The number of likely N-dealkylation sites (tertiary alicyclic amines) is 2. The van der Waals surface area contributed by atoms with Crippen LogP contribution in [0.15, 0.2) is 0 Å². The van der Waals surface area contributed by atoms with Gasteiger partial charge < -0.3 is 15.5 Å². The van der Waals surface area contributed by atoms with Crippen molar-refractivity contribution in [2.45, 2.75) is 32.1 Å². The van der Waals surface area contributed by atoms with Crippen LogP contribution in [0, 0.1) is 5.92 Å². The van der Waals surface area contributed by atoms with Gasteiger partial charge in [-0.15, -0.1) is 0 Å². The lowest BCUT2D eigenvalue weighted by molar-refractivity contribution is -0.139. The van der Waals surface area contributed by atoms with Crippen LogP contribution < -0.4 is 5.73 Å². The summed E-state index contributed by atoms with van der Waals surface area (Å²) in [6.07, 6.45) is 4.66. The molecule has 5 nitrogen and oxygen atoms in total. The van der Waals surface area contributed by atoms with Gasteiger partial charge >= 0.3 is 0 Å². The Kier molecular flexibility index (Phi) is 4.58. The Morgan fingerprint density at radius 1 is 1.28 bits per heavy atom. The molecule has 0 aromatic heterocycles. The fourth-order valence-corrected chi connectivity index (χ4v) is 2.84. The maximum Gasteiger partial charge on any atom is 0.242 e. The molecule has 0 aliphatic carbocycles. The smallest absolute Gasteiger partial charge is 0.242 e. The second-order valence-corrected chi connectivity index (χ2v) is 5.32. The molecule has 2 aliphatic rings. The average molecular weight is 253 g/mol. The van der Waals surface area contributed by atoms with Crippen molar-refractivity contribution < 1.29 is 9.59 Å². The van der Waals surface area contributed by atoms with E-state index >= 15 is 0 Å². The van der Waals surface area contributed by atoms with Crippen molar-refractivity contribution in [2.24, 2.45) is 11.7 Å². The van der Waals surface area contributed by atoms with Crippen molar-refractivity contribution in [2.75, 3.05) is 32.7 Å². The van der Waals surface area contributed by atoms with Gasteiger partial charge in [-0.2, -0.15) is 0 Å². The van der Waals surface area contributed by atoms with E-state index in [1.54, 1.807) is 4.90 Å². The molecule has 0 unspecified atom stereocenters. The van der Waals surface area contributed by atoms with E-state index in [9.17, 15) is 9.59 Å². The summed E-state index contributed by atoms with van der Waals surface area (Å²) >= 11 is 0. The minimum atomic E-state index is 0.108. The molecule has 2 saturated heterocycles. The molecule has 5 heteroatoms. The number of carbonyl (C=O) groups excluding carboxylic acids is 2. The quantitative estimate of drug-likeness (QED) is 0.778. The minimum Gasteiger partial charge on any atom is -0.341 e. The predicted octanol–water partition coefficient (Wildman–Crippen LogP) is 0.196. The number of rotatable bonds is 4. The fraction of sp³-hybridized carbons (Fsp3) is 0.846. The first-order valence-electron chi connectivity index (χ1n) is 6.96. The molecule has 2 fully saturated rings. The zero-order valence-electron chi connectivity index (χ0n) is 10.9. The van der Waals surface area contributed by atoms with E-state index in [1.807, 2.05) is 4.90 Å². The summed E-state index contributed by atoms with van der Waals surface area (Å²) in [6.45, 7) is 3.41. The number of nitrogens with two attached hydrogens (primary N) is 1. The molecular formula is C13H23N3O2. The molecule has 0 aromatic rings. The van der Waals surface area contributed by atoms with Gasteiger partial charge in [0.15, 0.2) is 0 Å². The third-order valence-electron chi connectivity index (χ3n) is 4.04. The van der Waals surface area contributed by atoms with Crippen LogP contribution in [-0.4, -0.2) is 54.3 Å². The van der Waals surface area contributed by atoms with Gasteiger partial charge in [-0.3, -0.25) is 9.59 Å². The highest BCUT2D eigenvalue weighted by Crippen LogP contribution is 2.20. The molecule has 2 aliphatic heterocycles. The van der Waals surface area contributed by atoms with Gasteiger partial charge in [0.25, 0.3) is 0 Å². The van der Waals surface area contributed by atoms with Crippen molar-refractivity contribution in [3.05, 3.63) is 0 Å². The average Bonchev–Trinajstić information content (AvgIpc) is 2.76. The normalized spacial score (nSPS) is 21.7. The highest BCUT2D eigenvalue weighted by atomic mass is 16.2. The molecule has 102 valence electrons. The van der Waals surface area contributed by atoms with Gasteiger partial charge in [0.05, 0.1) is 6.54 Å². The first-order chi connectivity index (χ1) is 8.70. The Balaban J connectivity index is 1.75. The third kappa shape index (κ3) is 3.22. The van der Waals surface area contributed by atoms with Crippen molar-refractivity contribution in [1.29, 1.82) is 0 Å². The Morgan fingerprint density at radius 3 is 2.56 bits per heavy atom. The summed E-state index contributed by atoms with van der Waals surface area (Å²) < 4.78 is 0. The van der Waals surface area contributed by atoms with Gasteiger partial charge in [-0.05, 0) is 38.1 Å². The number of carbonyl (C=O) groups is 2. The SMILES string of the molecule is NCCC1CCN(C(=O)CN2CCCC2=O)CC1. The van der Waals surface area contributed by atoms with E-state index in [0.717, 1.165) is 51.9 Å². The van der Waals surface area contributed by atoms with Crippen LogP contribution in [0.25, 0.3) is 0 Å². The van der Waals surface area contributed by atoms with E-state index in [2.05, 4.69) is 0 Å². The zero-order valence-corrected chi connectivity index (χ0v) is 10.9. The first-order valence-corrected chi connectivity index (χ1v) is 6.96. The number of hydrogen-bond donors (Lipinski definition) is 1. The van der Waals surface area contributed by atoms with Crippen LogP contribution >= 0.6 is 0 Å². The van der Waals surface area contributed by atoms with E-state index in [4.69, 9.17) is 5.73 Å². The molecule has 18 heavy (non-hydrogen) atoms. The van der Waals surface area contributed by atoms with Gasteiger partial charge in [-0.25, -0.2) is 0 Å². The minimum absolute atomic E-state index is 0.108. The largest absolute Gasteiger partial charge is 0.341 e. The molecule has 2 heterocycles. The molecule has 0 saturated carbocycles. The van der Waals surface area contributed by atoms with Gasteiger partial charge in [0.1, 0.15) is 0 Å². The molecule has 0 atom stereocenters. The molecule has 0 aromatic carbocycles. The monoisotopic (exact) mass is 253 g/mol. The standard InChI is InChI=1S/C13H23N3O2/c14-6-3-11-4-8-15(9-5-11)13(18)10-16-7-1-2-12(16)17/h11H,1-10,14H2. The molecule has 0 bridgehead atoms. The Hall–Kier alpha value is -1.10. The van der Waals surface area contributed by atoms with E-state index < -0.39 is 0 Å². The fourth-order valence-electron chi connectivity index (χ4n) is 2.84. The van der Waals surface area contributed by atoms with E-state index in [0.29, 0.717) is 12.3 Å². The van der Waals surface area contributed by atoms with Gasteiger partial charge in [-0.1, -0.05) is 0 Å². The first kappa shape index (κ1) is 13.3. The summed E-state index contributed by atoms with van der Waals surface area (Å²) in [5, 5.41) is 0. The van der Waals surface area contributed by atoms with Crippen LogP contribution in [0.2, 0.25) is 0 Å². The molecule has 0 radical (unpaired) electrons. The van der Waals surface area contributed by atoms with E-state index in [-0.39, 0.29) is 18.4 Å². The lowest BCUT2D eigenvalue weighted by atomic mass is 9.93. The summed E-state index contributed by atoms with van der Waals surface area (Å²) in [7, 11) is 0. The molecule has 2 N–H and O–H groups in total. The third-order valence-corrected chi connectivity index (χ3v) is 4.04. The van der Waals surface area contributed by atoms with Gasteiger partial charge in [0, 0.05) is 26.1 Å². The highest BCUT2D eigenvalue weighted by Gasteiger charge is 2.27. The van der Waals surface area contributed by atoms with Crippen LogP contribution in [0.3, 0.4) is 0 Å². The van der Waals surface area contributed by atoms with Crippen molar-refractivity contribution >= 4 is 11.8 Å². The molecule has 2 amide bonds. The number of hydrogen-bond acceptors (Lipinski definition) is 3. The number of piperidine rings is 1. The zero-order chi connectivity index (χ0) is 13.0. The predicted molar refractivity (Wildman–Crippen MR) is 68.8 cm³/mol. The summed E-state index contributed by atoms with van der Waals surface area (Å²) in [5.74, 6) is 0.908. The van der Waals surface area contributed by atoms with E-state index in [1.165, 1.54) is 0 Å². The van der Waals surface area contributed by atoms with Crippen molar-refractivity contribution in [3.63, 3.8) is 0 Å². The lowest BCUT2D eigenvalue weighted by Crippen LogP contribution is -2.44. The Bertz CT molecular complexity index is 311. The van der Waals surface area contributed by atoms with Crippen molar-refractivity contribution in [1.82, 2.24) is 9.80 Å². The van der Waals surface area contributed by atoms with Crippen LogP contribution in [-0.2, 0) is 9.59 Å². The maximum absolute atomic E-state index is 12.1. The summed E-state index contributed by atoms with van der Waals surface area (Å²) in [6, 6.07) is 0. The molecule has 2 rings (SSSR count). The van der Waals surface area contributed by atoms with Crippen LogP contribution in [0.1, 0.15) is 32.1 Å².